The van der Waals surface area contributed by atoms with Gasteiger partial charge in [-0.1, -0.05) is 11.6 Å². The first-order valence-corrected chi connectivity index (χ1v) is 9.01. The van der Waals surface area contributed by atoms with Crippen LogP contribution in [0.3, 0.4) is 0 Å². The van der Waals surface area contributed by atoms with Gasteiger partial charge in [-0.25, -0.2) is 13.1 Å². The van der Waals surface area contributed by atoms with Crippen LogP contribution in [0.5, 0.6) is 0 Å². The van der Waals surface area contributed by atoms with Crippen molar-refractivity contribution in [2.24, 2.45) is 0 Å². The zero-order valence-corrected chi connectivity index (χ0v) is 14.4. The smallest absolute Gasteiger partial charge is 0.250 e. The lowest BCUT2D eigenvalue weighted by atomic mass is 10.4. The van der Waals surface area contributed by atoms with Crippen molar-refractivity contribution in [3.63, 3.8) is 0 Å². The molecule has 0 aliphatic heterocycles. The van der Waals surface area contributed by atoms with Crippen molar-refractivity contribution in [3.8, 4) is 0 Å². The van der Waals surface area contributed by atoms with Gasteiger partial charge in [0.15, 0.2) is 0 Å². The van der Waals surface area contributed by atoms with Crippen LogP contribution in [-0.4, -0.2) is 38.9 Å². The Morgan fingerprint density at radius 2 is 2.05 bits per heavy atom. The Hall–Kier alpha value is -0.150. The van der Waals surface area contributed by atoms with E-state index in [0.29, 0.717) is 21.9 Å². The third kappa shape index (κ3) is 4.42. The number of sulfonamides is 1. The van der Waals surface area contributed by atoms with Crippen LogP contribution in [0.25, 0.3) is 0 Å². The molecule has 19 heavy (non-hydrogen) atoms. The summed E-state index contributed by atoms with van der Waals surface area (Å²) in [6.45, 7) is 4.52. The third-order valence-corrected chi connectivity index (χ3v) is 6.77. The predicted molar refractivity (Wildman–Crippen MR) is 80.1 cm³/mol. The van der Waals surface area contributed by atoms with Crippen LogP contribution in [0.4, 0.5) is 0 Å². The first-order chi connectivity index (χ1) is 8.81. The monoisotopic (exact) mass is 388 g/mol. The molecule has 0 fully saturated rings. The summed E-state index contributed by atoms with van der Waals surface area (Å²) in [4.78, 5) is 13.3. The molecule has 1 rings (SSSR count). The van der Waals surface area contributed by atoms with Crippen LogP contribution >= 0.6 is 38.9 Å². The fourth-order valence-corrected chi connectivity index (χ4v) is 4.79. The number of thiophene rings is 1. The van der Waals surface area contributed by atoms with Crippen LogP contribution < -0.4 is 4.72 Å². The van der Waals surface area contributed by atoms with E-state index in [1.807, 2.05) is 13.8 Å². The van der Waals surface area contributed by atoms with Crippen molar-refractivity contribution in [3.05, 3.63) is 14.9 Å². The van der Waals surface area contributed by atoms with E-state index in [2.05, 4.69) is 20.7 Å². The minimum atomic E-state index is -3.70. The lowest BCUT2D eigenvalue weighted by molar-refractivity contribution is -0.129. The van der Waals surface area contributed by atoms with Crippen molar-refractivity contribution in [2.45, 2.75) is 18.1 Å². The number of hydrogen-bond donors (Lipinski definition) is 1. The normalized spacial score (nSPS) is 11.6. The van der Waals surface area contributed by atoms with E-state index in [1.165, 1.54) is 6.07 Å². The second-order valence-corrected chi connectivity index (χ2v) is 8.35. The topological polar surface area (TPSA) is 66.5 Å². The highest BCUT2D eigenvalue weighted by atomic mass is 79.9. The van der Waals surface area contributed by atoms with E-state index >= 15 is 0 Å². The second kappa shape index (κ2) is 7.03. The quantitative estimate of drug-likeness (QED) is 0.812. The van der Waals surface area contributed by atoms with E-state index in [9.17, 15) is 13.2 Å². The number of nitrogens with one attached hydrogen (secondary N) is 1. The number of hydrogen-bond acceptors (Lipinski definition) is 4. The van der Waals surface area contributed by atoms with Gasteiger partial charge >= 0.3 is 0 Å². The van der Waals surface area contributed by atoms with Crippen LogP contribution in [0.1, 0.15) is 13.8 Å². The maximum Gasteiger partial charge on any atom is 0.250 e. The lowest BCUT2D eigenvalue weighted by Gasteiger charge is -2.18. The van der Waals surface area contributed by atoms with Gasteiger partial charge in [-0.3, -0.25) is 4.79 Å². The molecule has 1 heterocycles. The number of carbonyl (C=O) groups excluding carboxylic acids is 1. The number of likely N-dealkylation sites (N-methyl/N-ethyl adjacent to an activating group) is 1. The average Bonchev–Trinajstić information content (AvgIpc) is 2.70. The van der Waals surface area contributed by atoms with Crippen molar-refractivity contribution < 1.29 is 13.2 Å². The predicted octanol–water partition coefficient (Wildman–Crippen LogP) is 2.31. The molecule has 0 bridgehead atoms. The Bertz CT molecular complexity index is 536. The van der Waals surface area contributed by atoms with Gasteiger partial charge in [-0.2, -0.15) is 0 Å². The molecule has 108 valence electrons. The Kier molecular flexibility index (Phi) is 6.25. The second-order valence-electron chi connectivity index (χ2n) is 3.58. The minimum Gasteiger partial charge on any atom is -0.342 e. The number of amides is 1. The van der Waals surface area contributed by atoms with E-state index in [-0.39, 0.29) is 16.7 Å². The maximum atomic E-state index is 12.0. The molecule has 0 aliphatic carbocycles. The summed E-state index contributed by atoms with van der Waals surface area (Å²) in [6, 6.07) is 1.35. The number of carbonyl (C=O) groups is 1. The van der Waals surface area contributed by atoms with E-state index in [4.69, 9.17) is 11.6 Å². The van der Waals surface area contributed by atoms with Gasteiger partial charge in [0.2, 0.25) is 5.91 Å². The summed E-state index contributed by atoms with van der Waals surface area (Å²) in [5.74, 6) is -0.254. The molecule has 9 heteroatoms. The average molecular weight is 390 g/mol. The lowest BCUT2D eigenvalue weighted by Crippen LogP contribution is -2.39. The summed E-state index contributed by atoms with van der Waals surface area (Å²) < 4.78 is 26.8. The molecule has 0 spiro atoms. The zero-order valence-electron chi connectivity index (χ0n) is 10.4. The summed E-state index contributed by atoms with van der Waals surface area (Å²) in [5.41, 5.74) is 0. The number of rotatable bonds is 6. The summed E-state index contributed by atoms with van der Waals surface area (Å²) in [7, 11) is -3.70. The van der Waals surface area contributed by atoms with Gasteiger partial charge in [-0.05, 0) is 35.8 Å². The molecule has 0 aromatic carbocycles. The molecule has 1 amide bonds. The molecular formula is C10H14BrClN2O3S2. The Labute approximate surface area is 130 Å². The van der Waals surface area contributed by atoms with Gasteiger partial charge in [0.1, 0.15) is 4.21 Å². The van der Waals surface area contributed by atoms with Crippen molar-refractivity contribution in [1.82, 2.24) is 9.62 Å². The van der Waals surface area contributed by atoms with Crippen molar-refractivity contribution in [2.75, 3.05) is 19.6 Å². The molecule has 0 atom stereocenters. The van der Waals surface area contributed by atoms with E-state index in [1.54, 1.807) is 4.90 Å². The first-order valence-electron chi connectivity index (χ1n) is 5.54. The van der Waals surface area contributed by atoms with E-state index < -0.39 is 10.0 Å². The number of nitrogens with zero attached hydrogens (tertiary/aromatic N) is 1. The van der Waals surface area contributed by atoms with Crippen LogP contribution in [-0.2, 0) is 14.8 Å². The maximum absolute atomic E-state index is 12.0. The van der Waals surface area contributed by atoms with E-state index in [0.717, 1.165) is 11.3 Å². The first kappa shape index (κ1) is 16.9. The van der Waals surface area contributed by atoms with Crippen LogP contribution in [0.2, 0.25) is 5.02 Å². The molecule has 0 radical (unpaired) electrons. The molecule has 0 unspecified atom stereocenters. The van der Waals surface area contributed by atoms with Crippen LogP contribution in [0.15, 0.2) is 14.1 Å². The molecular weight excluding hydrogens is 376 g/mol. The Morgan fingerprint density at radius 3 is 2.47 bits per heavy atom. The van der Waals surface area contributed by atoms with Gasteiger partial charge in [0, 0.05) is 13.1 Å². The Balaban J connectivity index is 2.73. The number of halogens is 2. The zero-order chi connectivity index (χ0) is 14.6. The van der Waals surface area contributed by atoms with Crippen molar-refractivity contribution in [1.29, 1.82) is 0 Å². The third-order valence-electron chi connectivity index (χ3n) is 2.42. The van der Waals surface area contributed by atoms with Gasteiger partial charge in [0.05, 0.1) is 15.4 Å². The molecule has 1 aromatic rings. The fraction of sp³-hybridized carbons (Fsp3) is 0.500. The van der Waals surface area contributed by atoms with Gasteiger partial charge in [-0.15, -0.1) is 11.3 Å². The molecule has 0 aliphatic rings. The molecule has 1 aromatic heterocycles. The van der Waals surface area contributed by atoms with Gasteiger partial charge < -0.3 is 4.90 Å². The highest BCUT2D eigenvalue weighted by Crippen LogP contribution is 2.34. The summed E-state index contributed by atoms with van der Waals surface area (Å²) in [5, 5.41) is 0.334. The summed E-state index contributed by atoms with van der Waals surface area (Å²) in [6.07, 6.45) is 0. The highest BCUT2D eigenvalue weighted by molar-refractivity contribution is 9.11. The standard InChI is InChI=1S/C10H14BrClN2O3S2/c1-3-14(4-2)8(15)6-13-19(16,17)9-5-7(12)10(11)18-9/h5,13H,3-4,6H2,1-2H3. The highest BCUT2D eigenvalue weighted by Gasteiger charge is 2.21. The van der Waals surface area contributed by atoms with Gasteiger partial charge in [0.25, 0.3) is 10.0 Å². The molecule has 0 saturated heterocycles. The SMILES string of the molecule is CCN(CC)C(=O)CNS(=O)(=O)c1cc(Cl)c(Br)s1. The molecule has 1 N–H and O–H groups in total. The minimum absolute atomic E-state index is 0.0803. The Morgan fingerprint density at radius 1 is 1.47 bits per heavy atom. The summed E-state index contributed by atoms with van der Waals surface area (Å²) >= 11 is 9.95. The molecule has 0 saturated carbocycles. The van der Waals surface area contributed by atoms with Crippen LogP contribution in [0, 0.1) is 0 Å². The van der Waals surface area contributed by atoms with Crippen molar-refractivity contribution >= 4 is 54.8 Å². The largest absolute Gasteiger partial charge is 0.342 e. The molecule has 5 nitrogen and oxygen atoms in total. The fourth-order valence-electron chi connectivity index (χ4n) is 1.38.